The van der Waals surface area contributed by atoms with E-state index in [0.29, 0.717) is 18.2 Å². The maximum Gasteiger partial charge on any atom is 0.223 e. The molecule has 0 aliphatic carbocycles. The first-order valence-corrected chi connectivity index (χ1v) is 11.6. The smallest absolute Gasteiger partial charge is 0.223 e. The van der Waals surface area contributed by atoms with Gasteiger partial charge >= 0.3 is 0 Å². The number of carbonyl (C=O) groups is 1. The molecule has 0 atom stereocenters. The van der Waals surface area contributed by atoms with E-state index >= 15 is 0 Å². The van der Waals surface area contributed by atoms with Crippen LogP contribution in [0.25, 0.3) is 10.9 Å². The molecule has 4 heterocycles. The Morgan fingerprint density at radius 1 is 1.17 bits per heavy atom. The van der Waals surface area contributed by atoms with Gasteiger partial charge in [-0.25, -0.2) is 4.98 Å². The van der Waals surface area contributed by atoms with E-state index in [0.717, 1.165) is 67.9 Å². The number of nitrogens with zero attached hydrogens (tertiary/aromatic N) is 3. The maximum atomic E-state index is 12.8. The van der Waals surface area contributed by atoms with Gasteiger partial charge in [0.05, 0.1) is 12.6 Å². The summed E-state index contributed by atoms with van der Waals surface area (Å²) in [6.45, 7) is 3.59. The lowest BCUT2D eigenvalue weighted by molar-refractivity contribution is -0.133. The number of anilines is 1. The van der Waals surface area contributed by atoms with Crippen molar-refractivity contribution in [2.24, 2.45) is 5.92 Å². The fourth-order valence-corrected chi connectivity index (χ4v) is 5.49. The van der Waals surface area contributed by atoms with Crippen LogP contribution in [0.2, 0.25) is 0 Å². The number of aromatic nitrogens is 1. The average Bonchev–Trinajstić information content (AvgIpc) is 3.27. The minimum atomic E-state index is 0.322. The van der Waals surface area contributed by atoms with Gasteiger partial charge in [-0.05, 0) is 72.5 Å². The normalized spacial score (nSPS) is 17.2. The number of amides is 1. The van der Waals surface area contributed by atoms with Crippen molar-refractivity contribution in [2.45, 2.75) is 32.2 Å². The lowest BCUT2D eigenvalue weighted by Gasteiger charge is -2.34. The summed E-state index contributed by atoms with van der Waals surface area (Å²) in [5.74, 6) is 2.68. The first-order chi connectivity index (χ1) is 14.7. The SMILES string of the molecule is COc1ccc2nc(N3CCC(CC(=O)N4CCc5sccc5C4)CC3)ccc2c1. The third-order valence-electron chi connectivity index (χ3n) is 6.44. The molecular formula is C24H27N3O2S. The Labute approximate surface area is 181 Å². The summed E-state index contributed by atoms with van der Waals surface area (Å²) >= 11 is 1.82. The van der Waals surface area contributed by atoms with Crippen LogP contribution in [-0.2, 0) is 17.8 Å². The van der Waals surface area contributed by atoms with Gasteiger partial charge < -0.3 is 14.5 Å². The standard InChI is InChI=1S/C24H27N3O2S/c1-29-20-3-4-21-18(15-20)2-5-23(25-21)26-10-6-17(7-11-26)14-24(28)27-12-8-22-19(16-27)9-13-30-22/h2-5,9,13,15,17H,6-8,10-12,14,16H2,1H3. The van der Waals surface area contributed by atoms with Crippen LogP contribution in [0, 0.1) is 5.92 Å². The van der Waals surface area contributed by atoms with Crippen LogP contribution >= 0.6 is 11.3 Å². The Kier molecular flexibility index (Phi) is 5.34. The molecule has 2 aliphatic rings. The zero-order valence-electron chi connectivity index (χ0n) is 17.3. The first kappa shape index (κ1) is 19.4. The Morgan fingerprint density at radius 3 is 2.87 bits per heavy atom. The van der Waals surface area contributed by atoms with Crippen LogP contribution in [0.3, 0.4) is 0 Å². The van der Waals surface area contributed by atoms with Crippen molar-refractivity contribution >= 4 is 34.0 Å². The lowest BCUT2D eigenvalue weighted by atomic mass is 9.92. The summed E-state index contributed by atoms with van der Waals surface area (Å²) in [6, 6.07) is 12.4. The highest BCUT2D eigenvalue weighted by Gasteiger charge is 2.26. The summed E-state index contributed by atoms with van der Waals surface area (Å²) in [6.07, 6.45) is 3.78. The molecule has 0 N–H and O–H groups in total. The molecule has 2 aromatic heterocycles. The van der Waals surface area contributed by atoms with Gasteiger partial charge in [-0.2, -0.15) is 0 Å². The van der Waals surface area contributed by atoms with E-state index in [9.17, 15) is 4.79 Å². The number of hydrogen-bond acceptors (Lipinski definition) is 5. The predicted molar refractivity (Wildman–Crippen MR) is 121 cm³/mol. The topological polar surface area (TPSA) is 45.7 Å². The summed E-state index contributed by atoms with van der Waals surface area (Å²) in [4.78, 5) is 23.5. The average molecular weight is 422 g/mol. The summed E-state index contributed by atoms with van der Waals surface area (Å²) < 4.78 is 5.30. The second-order valence-corrected chi connectivity index (χ2v) is 9.30. The van der Waals surface area contributed by atoms with E-state index in [1.54, 1.807) is 7.11 Å². The van der Waals surface area contributed by atoms with E-state index < -0.39 is 0 Å². The largest absolute Gasteiger partial charge is 0.497 e. The Balaban J connectivity index is 1.17. The highest BCUT2D eigenvalue weighted by atomic mass is 32.1. The van der Waals surface area contributed by atoms with Gasteiger partial charge in [0.2, 0.25) is 5.91 Å². The van der Waals surface area contributed by atoms with Crippen molar-refractivity contribution in [3.8, 4) is 5.75 Å². The number of pyridine rings is 1. The van der Waals surface area contributed by atoms with Gasteiger partial charge in [0.15, 0.2) is 0 Å². The van der Waals surface area contributed by atoms with E-state index in [2.05, 4.69) is 33.4 Å². The van der Waals surface area contributed by atoms with Crippen LogP contribution in [0.15, 0.2) is 41.8 Å². The van der Waals surface area contributed by atoms with Gasteiger partial charge in [0, 0.05) is 42.9 Å². The minimum Gasteiger partial charge on any atom is -0.497 e. The Morgan fingerprint density at radius 2 is 2.03 bits per heavy atom. The van der Waals surface area contributed by atoms with Crippen LogP contribution in [0.5, 0.6) is 5.75 Å². The quantitative estimate of drug-likeness (QED) is 0.622. The van der Waals surface area contributed by atoms with Crippen molar-refractivity contribution in [1.82, 2.24) is 9.88 Å². The number of piperidine rings is 1. The second kappa shape index (κ2) is 8.26. The van der Waals surface area contributed by atoms with Crippen LogP contribution < -0.4 is 9.64 Å². The molecule has 5 rings (SSSR count). The van der Waals surface area contributed by atoms with Gasteiger partial charge in [0.25, 0.3) is 0 Å². The molecule has 0 bridgehead atoms. The molecule has 2 aliphatic heterocycles. The summed E-state index contributed by atoms with van der Waals surface area (Å²) in [5, 5.41) is 3.24. The van der Waals surface area contributed by atoms with Crippen molar-refractivity contribution in [2.75, 3.05) is 31.6 Å². The molecular weight excluding hydrogens is 394 g/mol. The Hall–Kier alpha value is -2.60. The number of rotatable bonds is 4. The molecule has 0 saturated carbocycles. The maximum absolute atomic E-state index is 12.8. The molecule has 0 unspecified atom stereocenters. The van der Waals surface area contributed by atoms with Crippen molar-refractivity contribution < 1.29 is 9.53 Å². The first-order valence-electron chi connectivity index (χ1n) is 10.7. The van der Waals surface area contributed by atoms with E-state index in [1.807, 2.05) is 29.5 Å². The van der Waals surface area contributed by atoms with Gasteiger partial charge in [0.1, 0.15) is 11.6 Å². The Bertz CT molecular complexity index is 1060. The van der Waals surface area contributed by atoms with Crippen molar-refractivity contribution in [3.63, 3.8) is 0 Å². The zero-order valence-corrected chi connectivity index (χ0v) is 18.2. The molecule has 1 amide bonds. The van der Waals surface area contributed by atoms with E-state index in [1.165, 1.54) is 10.4 Å². The highest BCUT2D eigenvalue weighted by Crippen LogP contribution is 2.29. The third kappa shape index (κ3) is 3.88. The predicted octanol–water partition coefficient (Wildman–Crippen LogP) is 4.50. The molecule has 30 heavy (non-hydrogen) atoms. The number of methoxy groups -OCH3 is 1. The fourth-order valence-electron chi connectivity index (χ4n) is 4.60. The minimum absolute atomic E-state index is 0.322. The van der Waals surface area contributed by atoms with Crippen LogP contribution in [-0.4, -0.2) is 42.5 Å². The summed E-state index contributed by atoms with van der Waals surface area (Å²) in [7, 11) is 1.68. The number of fused-ring (bicyclic) bond motifs is 2. The number of carbonyl (C=O) groups excluding carboxylic acids is 1. The number of benzene rings is 1. The molecule has 0 spiro atoms. The molecule has 3 aromatic rings. The molecule has 1 aromatic carbocycles. The lowest BCUT2D eigenvalue weighted by Crippen LogP contribution is -2.39. The molecule has 6 heteroatoms. The molecule has 1 saturated heterocycles. The van der Waals surface area contributed by atoms with Gasteiger partial charge in [-0.1, -0.05) is 0 Å². The second-order valence-electron chi connectivity index (χ2n) is 8.30. The zero-order chi connectivity index (χ0) is 20.5. The molecule has 0 radical (unpaired) electrons. The molecule has 1 fully saturated rings. The van der Waals surface area contributed by atoms with Gasteiger partial charge in [-0.3, -0.25) is 4.79 Å². The van der Waals surface area contributed by atoms with Crippen molar-refractivity contribution in [3.05, 3.63) is 52.2 Å². The monoisotopic (exact) mass is 421 g/mol. The number of hydrogen-bond donors (Lipinski definition) is 0. The van der Waals surface area contributed by atoms with Gasteiger partial charge in [-0.15, -0.1) is 11.3 Å². The summed E-state index contributed by atoms with van der Waals surface area (Å²) in [5.41, 5.74) is 2.33. The number of ether oxygens (including phenoxy) is 1. The molecule has 5 nitrogen and oxygen atoms in total. The molecule has 156 valence electrons. The highest BCUT2D eigenvalue weighted by molar-refractivity contribution is 7.10. The van der Waals surface area contributed by atoms with E-state index in [4.69, 9.17) is 9.72 Å². The van der Waals surface area contributed by atoms with Crippen LogP contribution in [0.4, 0.5) is 5.82 Å². The fraction of sp³-hybridized carbons (Fsp3) is 0.417. The third-order valence-corrected chi connectivity index (χ3v) is 7.47. The van der Waals surface area contributed by atoms with Crippen molar-refractivity contribution in [1.29, 1.82) is 0 Å². The van der Waals surface area contributed by atoms with E-state index in [-0.39, 0.29) is 0 Å². The number of thiophene rings is 1. The van der Waals surface area contributed by atoms with Crippen LogP contribution in [0.1, 0.15) is 29.7 Å².